The maximum absolute atomic E-state index is 12.5. The Hall–Kier alpha value is -0.520. The zero-order valence-electron chi connectivity index (χ0n) is 9.54. The molecule has 18 heavy (non-hydrogen) atoms. The summed E-state index contributed by atoms with van der Waals surface area (Å²) in [6, 6.07) is 1.23. The van der Waals surface area contributed by atoms with E-state index in [9.17, 15) is 13.2 Å². The highest BCUT2D eigenvalue weighted by atomic mass is 35.5. The van der Waals surface area contributed by atoms with Gasteiger partial charge in [-0.1, -0.05) is 0 Å². The monoisotopic (exact) mass is 302 g/mol. The number of aromatic nitrogens is 1. The molecule has 2 heterocycles. The molecule has 0 aliphatic carbocycles. The molecule has 0 spiro atoms. The van der Waals surface area contributed by atoms with Crippen LogP contribution in [0.2, 0.25) is 0 Å². The average Bonchev–Trinajstić information content (AvgIpc) is 2.29. The van der Waals surface area contributed by atoms with Crippen LogP contribution in [0.25, 0.3) is 0 Å². The summed E-state index contributed by atoms with van der Waals surface area (Å²) >= 11 is 0. The molecule has 0 saturated carbocycles. The molecular formula is C11H15Cl2F3N2. The van der Waals surface area contributed by atoms with Gasteiger partial charge in [0.15, 0.2) is 0 Å². The molecule has 1 N–H and O–H groups in total. The maximum Gasteiger partial charge on any atom is 0.417 e. The van der Waals surface area contributed by atoms with Crippen molar-refractivity contribution in [2.45, 2.75) is 24.9 Å². The van der Waals surface area contributed by atoms with Crippen LogP contribution in [-0.4, -0.2) is 18.1 Å². The molecular weight excluding hydrogens is 288 g/mol. The lowest BCUT2D eigenvalue weighted by atomic mass is 9.91. The summed E-state index contributed by atoms with van der Waals surface area (Å²) in [4.78, 5) is 3.69. The molecule has 0 unspecified atom stereocenters. The summed E-state index contributed by atoms with van der Waals surface area (Å²) in [5, 5.41) is 3.19. The van der Waals surface area contributed by atoms with Crippen LogP contribution in [0.3, 0.4) is 0 Å². The number of halogens is 5. The van der Waals surface area contributed by atoms with Crippen LogP contribution >= 0.6 is 24.8 Å². The number of rotatable bonds is 1. The van der Waals surface area contributed by atoms with E-state index >= 15 is 0 Å². The van der Waals surface area contributed by atoms with E-state index in [1.165, 1.54) is 6.07 Å². The second-order valence-corrected chi connectivity index (χ2v) is 4.03. The minimum absolute atomic E-state index is 0. The molecule has 2 nitrogen and oxygen atoms in total. The van der Waals surface area contributed by atoms with Crippen molar-refractivity contribution in [1.82, 2.24) is 10.3 Å². The van der Waals surface area contributed by atoms with E-state index in [1.807, 2.05) is 0 Å². The smallest absolute Gasteiger partial charge is 0.317 e. The highest BCUT2D eigenvalue weighted by Crippen LogP contribution is 2.32. The Morgan fingerprint density at radius 1 is 1.11 bits per heavy atom. The van der Waals surface area contributed by atoms with E-state index in [0.717, 1.165) is 32.1 Å². The number of pyridine rings is 1. The first-order valence-corrected chi connectivity index (χ1v) is 5.30. The van der Waals surface area contributed by atoms with E-state index in [1.54, 1.807) is 6.20 Å². The number of hydrogen-bond acceptors (Lipinski definition) is 2. The van der Waals surface area contributed by atoms with E-state index < -0.39 is 11.7 Å². The molecule has 1 saturated heterocycles. The maximum atomic E-state index is 12.5. The second kappa shape index (κ2) is 7.16. The van der Waals surface area contributed by atoms with Gasteiger partial charge < -0.3 is 5.32 Å². The molecule has 104 valence electrons. The molecule has 7 heteroatoms. The zero-order valence-corrected chi connectivity index (χ0v) is 11.2. The van der Waals surface area contributed by atoms with Crippen LogP contribution < -0.4 is 5.32 Å². The molecule has 0 radical (unpaired) electrons. The van der Waals surface area contributed by atoms with Crippen molar-refractivity contribution in [2.75, 3.05) is 13.1 Å². The standard InChI is InChI=1S/C11H13F3N2.2ClH/c12-11(13,14)10-5-9(6-16-7-10)8-1-3-15-4-2-8;;/h5-8,15H,1-4H2;2*1H. The quantitative estimate of drug-likeness (QED) is 0.860. The predicted molar refractivity (Wildman–Crippen MR) is 68.6 cm³/mol. The molecule has 0 aromatic carbocycles. The Labute approximate surface area is 116 Å². The Kier molecular flexibility index (Phi) is 6.96. The second-order valence-electron chi connectivity index (χ2n) is 4.03. The summed E-state index contributed by atoms with van der Waals surface area (Å²) in [6.45, 7) is 1.72. The highest BCUT2D eigenvalue weighted by Gasteiger charge is 2.31. The molecule has 0 amide bonds. The molecule has 1 aliphatic heterocycles. The van der Waals surface area contributed by atoms with Crippen molar-refractivity contribution < 1.29 is 13.2 Å². The number of alkyl halides is 3. The summed E-state index contributed by atoms with van der Waals surface area (Å²) in [7, 11) is 0. The Balaban J connectivity index is 0.00000144. The van der Waals surface area contributed by atoms with Gasteiger partial charge in [0.05, 0.1) is 5.56 Å². The molecule has 1 fully saturated rings. The van der Waals surface area contributed by atoms with Crippen molar-refractivity contribution in [3.8, 4) is 0 Å². The minimum atomic E-state index is -4.30. The van der Waals surface area contributed by atoms with E-state index in [-0.39, 0.29) is 30.7 Å². The van der Waals surface area contributed by atoms with Gasteiger partial charge in [-0.25, -0.2) is 0 Å². The van der Waals surface area contributed by atoms with Crippen LogP contribution in [0.1, 0.15) is 29.9 Å². The Morgan fingerprint density at radius 3 is 2.28 bits per heavy atom. The predicted octanol–water partition coefficient (Wildman–Crippen LogP) is 3.41. The molecule has 0 atom stereocenters. The largest absolute Gasteiger partial charge is 0.417 e. The fourth-order valence-electron chi connectivity index (χ4n) is 1.99. The third-order valence-corrected chi connectivity index (χ3v) is 2.90. The van der Waals surface area contributed by atoms with E-state index in [4.69, 9.17) is 0 Å². The third-order valence-electron chi connectivity index (χ3n) is 2.90. The van der Waals surface area contributed by atoms with Crippen LogP contribution in [-0.2, 0) is 6.18 Å². The fraction of sp³-hybridized carbons (Fsp3) is 0.545. The summed E-state index contributed by atoms with van der Waals surface area (Å²) in [5.41, 5.74) is 0.0554. The van der Waals surface area contributed by atoms with Gasteiger partial charge in [0.2, 0.25) is 0 Å². The fourth-order valence-corrected chi connectivity index (χ4v) is 1.99. The number of hydrogen-bond donors (Lipinski definition) is 1. The first-order chi connectivity index (χ1) is 7.57. The van der Waals surface area contributed by atoms with Crippen molar-refractivity contribution in [3.05, 3.63) is 29.6 Å². The molecule has 1 aromatic heterocycles. The van der Waals surface area contributed by atoms with Crippen LogP contribution in [0.5, 0.6) is 0 Å². The number of nitrogens with one attached hydrogen (secondary N) is 1. The van der Waals surface area contributed by atoms with Crippen molar-refractivity contribution in [2.24, 2.45) is 0 Å². The van der Waals surface area contributed by atoms with Crippen LogP contribution in [0.4, 0.5) is 13.2 Å². The normalized spacial score (nSPS) is 16.6. The molecule has 1 aliphatic rings. The summed E-state index contributed by atoms with van der Waals surface area (Å²) < 4.78 is 37.4. The average molecular weight is 303 g/mol. The van der Waals surface area contributed by atoms with Gasteiger partial charge in [-0.15, -0.1) is 24.8 Å². The zero-order chi connectivity index (χ0) is 11.6. The summed E-state index contributed by atoms with van der Waals surface area (Å²) in [5.74, 6) is 0.205. The lowest BCUT2D eigenvalue weighted by Crippen LogP contribution is -2.26. The first kappa shape index (κ1) is 17.5. The van der Waals surface area contributed by atoms with Gasteiger partial charge in [-0.2, -0.15) is 13.2 Å². The SMILES string of the molecule is Cl.Cl.FC(F)(F)c1cncc(C2CCNCC2)c1. The van der Waals surface area contributed by atoms with Crippen LogP contribution in [0, 0.1) is 0 Å². The molecule has 0 bridgehead atoms. The van der Waals surface area contributed by atoms with Gasteiger partial charge in [0, 0.05) is 12.4 Å². The first-order valence-electron chi connectivity index (χ1n) is 5.30. The van der Waals surface area contributed by atoms with Gasteiger partial charge >= 0.3 is 6.18 Å². The number of nitrogens with zero attached hydrogens (tertiary/aromatic N) is 1. The number of piperidine rings is 1. The van der Waals surface area contributed by atoms with E-state index in [2.05, 4.69) is 10.3 Å². The Morgan fingerprint density at radius 2 is 1.72 bits per heavy atom. The van der Waals surface area contributed by atoms with E-state index in [0.29, 0.717) is 5.56 Å². The molecule has 2 rings (SSSR count). The minimum Gasteiger partial charge on any atom is -0.317 e. The highest BCUT2D eigenvalue weighted by molar-refractivity contribution is 5.85. The lowest BCUT2D eigenvalue weighted by Gasteiger charge is -2.23. The van der Waals surface area contributed by atoms with Gasteiger partial charge in [-0.05, 0) is 43.5 Å². The van der Waals surface area contributed by atoms with Crippen molar-refractivity contribution in [3.63, 3.8) is 0 Å². The van der Waals surface area contributed by atoms with Crippen molar-refractivity contribution >= 4 is 24.8 Å². The Bertz CT molecular complexity index is 366. The van der Waals surface area contributed by atoms with Crippen molar-refractivity contribution in [1.29, 1.82) is 0 Å². The molecule has 1 aromatic rings. The summed E-state index contributed by atoms with van der Waals surface area (Å²) in [6.07, 6.45) is -0.113. The topological polar surface area (TPSA) is 24.9 Å². The lowest BCUT2D eigenvalue weighted by molar-refractivity contribution is -0.137. The third kappa shape index (κ3) is 4.30. The van der Waals surface area contributed by atoms with Gasteiger partial charge in [0.25, 0.3) is 0 Å². The van der Waals surface area contributed by atoms with Gasteiger partial charge in [-0.3, -0.25) is 4.98 Å². The van der Waals surface area contributed by atoms with Gasteiger partial charge in [0.1, 0.15) is 0 Å². The van der Waals surface area contributed by atoms with Crippen LogP contribution in [0.15, 0.2) is 18.5 Å².